The number of nitrogens with zero attached hydrogens (tertiary/aromatic N) is 2. The number of nitrogens with one attached hydrogen (secondary N) is 1. The molecule has 0 spiro atoms. The first-order valence-electron chi connectivity index (χ1n) is 10.7. The molecular formula is C23H28FN3O4S. The normalized spacial score (nSPS) is 24.3. The molecule has 1 aromatic carbocycles. The number of aliphatic hydroxyl groups excluding tert-OH is 1. The van der Waals surface area contributed by atoms with E-state index in [-0.39, 0.29) is 12.5 Å². The van der Waals surface area contributed by atoms with Gasteiger partial charge in [0.05, 0.1) is 28.0 Å². The highest BCUT2D eigenvalue weighted by Gasteiger charge is 2.54. The molecule has 0 bridgehead atoms. The number of carbonyl (C=O) groups excluding carboxylic acids is 2. The van der Waals surface area contributed by atoms with E-state index in [9.17, 15) is 19.1 Å². The molecule has 2 heterocycles. The largest absolute Gasteiger partial charge is 0.444 e. The first-order chi connectivity index (χ1) is 15.0. The van der Waals surface area contributed by atoms with Gasteiger partial charge in [-0.2, -0.15) is 0 Å². The molecule has 2 aromatic rings. The second-order valence-electron chi connectivity index (χ2n) is 9.49. The number of aromatic nitrogens is 1. The summed E-state index contributed by atoms with van der Waals surface area (Å²) in [5.74, 6) is -0.352. The van der Waals surface area contributed by atoms with Gasteiger partial charge in [-0.25, -0.2) is 14.2 Å². The molecule has 2 amide bonds. The van der Waals surface area contributed by atoms with Crippen LogP contribution < -0.4 is 5.32 Å². The summed E-state index contributed by atoms with van der Waals surface area (Å²) in [5, 5.41) is 12.7. The molecule has 1 saturated heterocycles. The van der Waals surface area contributed by atoms with E-state index in [0.717, 1.165) is 26.6 Å². The first kappa shape index (κ1) is 22.7. The number of thiazole rings is 1. The minimum atomic E-state index is -1.79. The molecule has 7 nitrogen and oxygen atoms in total. The zero-order valence-corrected chi connectivity index (χ0v) is 19.4. The molecule has 0 radical (unpaired) electrons. The van der Waals surface area contributed by atoms with E-state index in [4.69, 9.17) is 4.74 Å². The molecule has 2 fully saturated rings. The standard InChI is InChI=1S/C23H28FN3O4S/c1-13-18(32-12-25-13)14-5-7-15(8-6-14)23(9-10-23)20(29)26-19-17(24)16(28)11-27(19)21(30)31-22(2,3)4/h5-8,12,16-17,19,28H,9-11H2,1-4H3,(H,26,29)/t16-,17-,19+/m0/s1. The topological polar surface area (TPSA) is 91.8 Å². The predicted molar refractivity (Wildman–Crippen MR) is 119 cm³/mol. The monoisotopic (exact) mass is 461 g/mol. The van der Waals surface area contributed by atoms with Gasteiger partial charge in [0.2, 0.25) is 5.91 Å². The predicted octanol–water partition coefficient (Wildman–Crippen LogP) is 3.54. The van der Waals surface area contributed by atoms with E-state index in [1.807, 2.05) is 31.2 Å². The minimum Gasteiger partial charge on any atom is -0.444 e. The lowest BCUT2D eigenvalue weighted by atomic mass is 9.93. The third-order valence-electron chi connectivity index (χ3n) is 5.93. The van der Waals surface area contributed by atoms with E-state index >= 15 is 0 Å². The Labute approximate surface area is 190 Å². The van der Waals surface area contributed by atoms with Gasteiger partial charge >= 0.3 is 6.09 Å². The lowest BCUT2D eigenvalue weighted by Gasteiger charge is -2.30. The van der Waals surface area contributed by atoms with E-state index < -0.39 is 35.6 Å². The van der Waals surface area contributed by atoms with E-state index in [2.05, 4.69) is 10.3 Å². The maximum atomic E-state index is 14.7. The Bertz CT molecular complexity index is 1010. The smallest absolute Gasteiger partial charge is 0.412 e. The number of alkyl halides is 1. The fourth-order valence-corrected chi connectivity index (χ4v) is 4.84. The highest BCUT2D eigenvalue weighted by Crippen LogP contribution is 2.49. The number of aliphatic hydroxyl groups is 1. The quantitative estimate of drug-likeness (QED) is 0.727. The molecule has 1 aliphatic heterocycles. The Morgan fingerprint density at radius 1 is 1.28 bits per heavy atom. The molecule has 3 atom stereocenters. The van der Waals surface area contributed by atoms with Crippen molar-refractivity contribution in [1.82, 2.24) is 15.2 Å². The summed E-state index contributed by atoms with van der Waals surface area (Å²) in [6.45, 7) is 6.82. The van der Waals surface area contributed by atoms with Crippen molar-refractivity contribution in [2.24, 2.45) is 0 Å². The average Bonchev–Trinajstić information content (AvgIpc) is 3.36. The van der Waals surface area contributed by atoms with Crippen LogP contribution in [0.4, 0.5) is 9.18 Å². The summed E-state index contributed by atoms with van der Waals surface area (Å²) in [6.07, 6.45) is -3.95. The lowest BCUT2D eigenvalue weighted by molar-refractivity contribution is -0.125. The summed E-state index contributed by atoms with van der Waals surface area (Å²) in [7, 11) is 0. The summed E-state index contributed by atoms with van der Waals surface area (Å²) in [4.78, 5) is 32.2. The number of rotatable bonds is 4. The maximum absolute atomic E-state index is 14.7. The zero-order chi connectivity index (χ0) is 23.3. The fourth-order valence-electron chi connectivity index (χ4n) is 4.03. The highest BCUT2D eigenvalue weighted by molar-refractivity contribution is 7.13. The number of ether oxygens (including phenoxy) is 1. The molecule has 32 heavy (non-hydrogen) atoms. The molecule has 0 unspecified atom stereocenters. The number of β-amino-alcohol motifs (C(OH)–C–C–N with tert-alkyl or cyclic N) is 1. The highest BCUT2D eigenvalue weighted by atomic mass is 32.1. The van der Waals surface area contributed by atoms with Gasteiger partial charge in [0.15, 0.2) is 6.17 Å². The number of carbonyl (C=O) groups is 2. The molecule has 2 N–H and O–H groups in total. The minimum absolute atomic E-state index is 0.239. The maximum Gasteiger partial charge on any atom is 0.412 e. The Morgan fingerprint density at radius 3 is 2.47 bits per heavy atom. The fraction of sp³-hybridized carbons (Fsp3) is 0.522. The lowest BCUT2D eigenvalue weighted by Crippen LogP contribution is -2.54. The van der Waals surface area contributed by atoms with Crippen molar-refractivity contribution in [3.63, 3.8) is 0 Å². The number of halogens is 1. The van der Waals surface area contributed by atoms with Crippen LogP contribution in [0.5, 0.6) is 0 Å². The van der Waals surface area contributed by atoms with Crippen LogP contribution in [0.25, 0.3) is 10.4 Å². The van der Waals surface area contributed by atoms with E-state index in [1.54, 1.807) is 37.6 Å². The number of amides is 2. The van der Waals surface area contributed by atoms with Crippen molar-refractivity contribution in [2.75, 3.05) is 6.54 Å². The molecule has 9 heteroatoms. The van der Waals surface area contributed by atoms with Gasteiger partial charge < -0.3 is 15.2 Å². The van der Waals surface area contributed by atoms with Gasteiger partial charge in [-0.3, -0.25) is 9.69 Å². The molecule has 172 valence electrons. The second kappa shape index (κ2) is 8.12. The van der Waals surface area contributed by atoms with Gasteiger partial charge in [-0.05, 0) is 51.7 Å². The summed E-state index contributed by atoms with van der Waals surface area (Å²) >= 11 is 1.56. The third kappa shape index (κ3) is 4.23. The van der Waals surface area contributed by atoms with Crippen molar-refractivity contribution in [3.05, 3.63) is 41.0 Å². The number of benzene rings is 1. The van der Waals surface area contributed by atoms with Gasteiger partial charge in [0, 0.05) is 0 Å². The third-order valence-corrected chi connectivity index (χ3v) is 6.90. The van der Waals surface area contributed by atoms with Crippen LogP contribution in [0.15, 0.2) is 29.8 Å². The van der Waals surface area contributed by atoms with Gasteiger partial charge in [-0.1, -0.05) is 24.3 Å². The Hall–Kier alpha value is -2.52. The zero-order valence-electron chi connectivity index (χ0n) is 18.6. The van der Waals surface area contributed by atoms with Crippen LogP contribution >= 0.6 is 11.3 Å². The number of hydrogen-bond acceptors (Lipinski definition) is 6. The van der Waals surface area contributed by atoms with Gasteiger partial charge in [-0.15, -0.1) is 11.3 Å². The number of hydrogen-bond donors (Lipinski definition) is 2. The SMILES string of the molecule is Cc1ncsc1-c1ccc(C2(C(=O)N[C@H]3[C@@H](F)[C@@H](O)CN3C(=O)OC(C)(C)C)CC2)cc1. The van der Waals surface area contributed by atoms with Crippen molar-refractivity contribution >= 4 is 23.3 Å². The summed E-state index contributed by atoms with van der Waals surface area (Å²) in [5.41, 5.74) is 3.10. The Kier molecular flexibility index (Phi) is 5.75. The Balaban J connectivity index is 1.51. The number of likely N-dealkylation sites (tertiary alicyclic amines) is 1. The summed E-state index contributed by atoms with van der Waals surface area (Å²) < 4.78 is 20.1. The van der Waals surface area contributed by atoms with Crippen LogP contribution in [-0.4, -0.2) is 57.6 Å². The van der Waals surface area contributed by atoms with Crippen LogP contribution in [0.1, 0.15) is 44.9 Å². The van der Waals surface area contributed by atoms with E-state index in [1.165, 1.54) is 0 Å². The van der Waals surface area contributed by atoms with Crippen LogP contribution in [0, 0.1) is 6.92 Å². The van der Waals surface area contributed by atoms with E-state index in [0.29, 0.717) is 12.8 Å². The molecule has 2 aliphatic rings. The van der Waals surface area contributed by atoms with Crippen molar-refractivity contribution < 1.29 is 23.8 Å². The second-order valence-corrected chi connectivity index (χ2v) is 10.3. The summed E-state index contributed by atoms with van der Waals surface area (Å²) in [6, 6.07) is 7.77. The van der Waals surface area contributed by atoms with Crippen LogP contribution in [-0.2, 0) is 14.9 Å². The van der Waals surface area contributed by atoms with Crippen molar-refractivity contribution in [1.29, 1.82) is 0 Å². The average molecular weight is 462 g/mol. The molecule has 1 aromatic heterocycles. The molecular weight excluding hydrogens is 433 g/mol. The van der Waals surface area contributed by atoms with Crippen molar-refractivity contribution in [3.8, 4) is 10.4 Å². The molecule has 1 saturated carbocycles. The molecule has 4 rings (SSSR count). The first-order valence-corrected chi connectivity index (χ1v) is 11.5. The van der Waals surface area contributed by atoms with Crippen molar-refractivity contribution in [2.45, 2.75) is 70.0 Å². The number of aryl methyl sites for hydroxylation is 1. The van der Waals surface area contributed by atoms with Crippen LogP contribution in [0.2, 0.25) is 0 Å². The van der Waals surface area contributed by atoms with Gasteiger partial charge in [0.25, 0.3) is 0 Å². The Morgan fingerprint density at radius 2 is 1.94 bits per heavy atom. The van der Waals surface area contributed by atoms with Crippen LogP contribution in [0.3, 0.4) is 0 Å². The van der Waals surface area contributed by atoms with Gasteiger partial charge in [0.1, 0.15) is 17.9 Å². The molecule has 1 aliphatic carbocycles.